The van der Waals surface area contributed by atoms with Gasteiger partial charge >= 0.3 is 0 Å². The molecular formula is C13H15BrClFO. The monoisotopic (exact) mass is 320 g/mol. The van der Waals surface area contributed by atoms with Crippen LogP contribution < -0.4 is 0 Å². The lowest BCUT2D eigenvalue weighted by Crippen LogP contribution is -2.32. The molecule has 1 fully saturated rings. The smallest absolute Gasteiger partial charge is 0.141 e. The van der Waals surface area contributed by atoms with Gasteiger partial charge in [0.1, 0.15) is 5.82 Å². The van der Waals surface area contributed by atoms with Crippen molar-refractivity contribution in [2.45, 2.75) is 25.9 Å². The van der Waals surface area contributed by atoms with E-state index in [4.69, 9.17) is 16.3 Å². The first-order valence-electron chi connectivity index (χ1n) is 5.69. The van der Waals surface area contributed by atoms with Gasteiger partial charge in [0, 0.05) is 17.4 Å². The van der Waals surface area contributed by atoms with Crippen LogP contribution in [-0.4, -0.2) is 18.0 Å². The maximum absolute atomic E-state index is 13.1. The van der Waals surface area contributed by atoms with Crippen LogP contribution in [0.3, 0.4) is 0 Å². The minimum Gasteiger partial charge on any atom is -0.378 e. The molecule has 94 valence electrons. The summed E-state index contributed by atoms with van der Waals surface area (Å²) in [5.74, 6) is -0.362. The minimum absolute atomic E-state index is 0.0984. The zero-order chi connectivity index (χ0) is 12.5. The molecule has 17 heavy (non-hydrogen) atoms. The fraction of sp³-hybridized carbons (Fsp3) is 0.538. The van der Waals surface area contributed by atoms with Crippen molar-refractivity contribution in [3.8, 4) is 0 Å². The summed E-state index contributed by atoms with van der Waals surface area (Å²) in [6.45, 7) is 2.89. The van der Waals surface area contributed by atoms with Gasteiger partial charge in [-0.3, -0.25) is 0 Å². The Balaban J connectivity index is 2.21. The lowest BCUT2D eigenvalue weighted by Gasteiger charge is -2.30. The Kier molecular flexibility index (Phi) is 4.11. The van der Waals surface area contributed by atoms with Crippen molar-refractivity contribution in [3.63, 3.8) is 0 Å². The second-order valence-electron chi connectivity index (χ2n) is 4.68. The maximum Gasteiger partial charge on any atom is 0.141 e. The van der Waals surface area contributed by atoms with Gasteiger partial charge in [-0.2, -0.15) is 0 Å². The van der Waals surface area contributed by atoms with Crippen LogP contribution in [0.1, 0.15) is 18.9 Å². The third-order valence-corrected chi connectivity index (χ3v) is 5.04. The molecule has 0 radical (unpaired) electrons. The Bertz CT molecular complexity index is 412. The predicted octanol–water partition coefficient (Wildman–Crippen LogP) is 4.21. The fourth-order valence-electron chi connectivity index (χ4n) is 2.33. The van der Waals surface area contributed by atoms with Gasteiger partial charge in [-0.05, 0) is 37.5 Å². The van der Waals surface area contributed by atoms with Crippen LogP contribution >= 0.6 is 27.5 Å². The molecule has 1 nitrogen and oxygen atoms in total. The van der Waals surface area contributed by atoms with Gasteiger partial charge in [0.25, 0.3) is 0 Å². The Morgan fingerprint density at radius 3 is 2.88 bits per heavy atom. The van der Waals surface area contributed by atoms with Crippen LogP contribution in [0.25, 0.3) is 0 Å². The summed E-state index contributed by atoms with van der Waals surface area (Å²) in [6, 6.07) is 4.95. The zero-order valence-electron chi connectivity index (χ0n) is 9.68. The SMILES string of the molecule is CC1OCCC1(CBr)Cc1ccc(F)c(Cl)c1. The Morgan fingerprint density at radius 2 is 2.35 bits per heavy atom. The lowest BCUT2D eigenvalue weighted by atomic mass is 9.78. The first kappa shape index (κ1) is 13.3. The summed E-state index contributed by atoms with van der Waals surface area (Å²) in [5.41, 5.74) is 1.16. The number of ether oxygens (including phenoxy) is 1. The van der Waals surface area contributed by atoms with Crippen molar-refractivity contribution in [3.05, 3.63) is 34.6 Å². The van der Waals surface area contributed by atoms with Crippen LogP contribution in [0, 0.1) is 11.2 Å². The predicted molar refractivity (Wildman–Crippen MR) is 71.4 cm³/mol. The summed E-state index contributed by atoms with van der Waals surface area (Å²) >= 11 is 9.38. The van der Waals surface area contributed by atoms with Crippen LogP contribution in [0.4, 0.5) is 4.39 Å². The number of alkyl halides is 1. The van der Waals surface area contributed by atoms with E-state index in [0.717, 1.165) is 30.3 Å². The van der Waals surface area contributed by atoms with Crippen molar-refractivity contribution in [1.82, 2.24) is 0 Å². The highest BCUT2D eigenvalue weighted by atomic mass is 79.9. The highest BCUT2D eigenvalue weighted by Crippen LogP contribution is 2.40. The average molecular weight is 322 g/mol. The molecule has 1 aromatic carbocycles. The molecule has 0 N–H and O–H groups in total. The minimum atomic E-state index is -0.362. The molecule has 1 aliphatic rings. The first-order valence-corrected chi connectivity index (χ1v) is 7.19. The normalized spacial score (nSPS) is 28.6. The van der Waals surface area contributed by atoms with Crippen molar-refractivity contribution in [1.29, 1.82) is 0 Å². The molecule has 0 spiro atoms. The summed E-state index contributed by atoms with van der Waals surface area (Å²) in [6.07, 6.45) is 2.10. The molecular weight excluding hydrogens is 306 g/mol. The molecule has 1 aromatic rings. The van der Waals surface area contributed by atoms with Crippen molar-refractivity contribution in [2.24, 2.45) is 5.41 Å². The highest BCUT2D eigenvalue weighted by molar-refractivity contribution is 9.09. The molecule has 2 rings (SSSR count). The summed E-state index contributed by atoms with van der Waals surface area (Å²) in [5, 5.41) is 1.08. The van der Waals surface area contributed by atoms with Crippen LogP contribution in [0.2, 0.25) is 5.02 Å². The molecule has 0 aromatic heterocycles. The maximum atomic E-state index is 13.1. The summed E-state index contributed by atoms with van der Waals surface area (Å²) in [4.78, 5) is 0. The van der Waals surface area contributed by atoms with Crippen LogP contribution in [0.5, 0.6) is 0 Å². The molecule has 0 saturated carbocycles. The van der Waals surface area contributed by atoms with Crippen molar-refractivity contribution in [2.75, 3.05) is 11.9 Å². The number of rotatable bonds is 3. The number of hydrogen-bond donors (Lipinski definition) is 0. The van der Waals surface area contributed by atoms with E-state index in [-0.39, 0.29) is 22.4 Å². The van der Waals surface area contributed by atoms with Crippen LogP contribution in [-0.2, 0) is 11.2 Å². The van der Waals surface area contributed by atoms with Crippen molar-refractivity contribution < 1.29 is 9.13 Å². The van der Waals surface area contributed by atoms with Gasteiger partial charge in [0.2, 0.25) is 0 Å². The van der Waals surface area contributed by atoms with Gasteiger partial charge in [0.15, 0.2) is 0 Å². The molecule has 4 heteroatoms. The molecule has 2 unspecified atom stereocenters. The molecule has 2 atom stereocenters. The van der Waals surface area contributed by atoms with E-state index in [0.29, 0.717) is 0 Å². The standard InChI is InChI=1S/C13H15BrClFO/c1-9-13(8-14,4-5-17-9)7-10-2-3-12(16)11(15)6-10/h2-3,6,9H,4-5,7-8H2,1H3. The van der Waals surface area contributed by atoms with E-state index in [1.165, 1.54) is 6.07 Å². The topological polar surface area (TPSA) is 9.23 Å². The van der Waals surface area contributed by atoms with E-state index in [1.54, 1.807) is 12.1 Å². The number of hydrogen-bond acceptors (Lipinski definition) is 1. The molecule has 1 aliphatic heterocycles. The Labute approximate surface area is 114 Å². The zero-order valence-corrected chi connectivity index (χ0v) is 12.0. The Hall–Kier alpha value is -0.120. The molecule has 1 heterocycles. The van der Waals surface area contributed by atoms with Gasteiger partial charge in [0.05, 0.1) is 11.1 Å². The van der Waals surface area contributed by atoms with E-state index in [2.05, 4.69) is 22.9 Å². The molecule has 0 aliphatic carbocycles. The van der Waals surface area contributed by atoms with Crippen LogP contribution in [0.15, 0.2) is 18.2 Å². The Morgan fingerprint density at radius 1 is 1.59 bits per heavy atom. The summed E-state index contributed by atoms with van der Waals surface area (Å²) in [7, 11) is 0. The van der Waals surface area contributed by atoms with E-state index >= 15 is 0 Å². The fourth-order valence-corrected chi connectivity index (χ4v) is 3.47. The second-order valence-corrected chi connectivity index (χ2v) is 5.65. The van der Waals surface area contributed by atoms with Gasteiger partial charge in [-0.25, -0.2) is 4.39 Å². The van der Waals surface area contributed by atoms with Crippen molar-refractivity contribution >= 4 is 27.5 Å². The summed E-state index contributed by atoms with van der Waals surface area (Å²) < 4.78 is 18.7. The number of benzene rings is 1. The molecule has 0 amide bonds. The quantitative estimate of drug-likeness (QED) is 0.758. The largest absolute Gasteiger partial charge is 0.378 e. The van der Waals surface area contributed by atoms with E-state index < -0.39 is 0 Å². The van der Waals surface area contributed by atoms with Gasteiger partial charge in [-0.15, -0.1) is 0 Å². The first-order chi connectivity index (χ1) is 8.07. The molecule has 0 bridgehead atoms. The third kappa shape index (κ3) is 2.67. The van der Waals surface area contributed by atoms with Gasteiger partial charge in [-0.1, -0.05) is 33.6 Å². The second kappa shape index (κ2) is 5.25. The van der Waals surface area contributed by atoms with E-state index in [9.17, 15) is 4.39 Å². The highest BCUT2D eigenvalue weighted by Gasteiger charge is 2.40. The number of halogens is 3. The van der Waals surface area contributed by atoms with Gasteiger partial charge < -0.3 is 4.74 Å². The van der Waals surface area contributed by atoms with E-state index in [1.807, 2.05) is 0 Å². The third-order valence-electron chi connectivity index (χ3n) is 3.64. The average Bonchev–Trinajstić information content (AvgIpc) is 2.66. The molecule has 1 saturated heterocycles. The lowest BCUT2D eigenvalue weighted by molar-refractivity contribution is 0.0746.